The molecule has 116 valence electrons. The second-order valence-corrected chi connectivity index (χ2v) is 4.73. The molecule has 6 nitrogen and oxygen atoms in total. The van der Waals surface area contributed by atoms with E-state index < -0.39 is 18.1 Å². The van der Waals surface area contributed by atoms with Crippen molar-refractivity contribution in [2.45, 2.75) is 25.1 Å². The minimum atomic E-state index is -0.654. The standard InChI is InChI=1S/C14H18N2O4.ClH/c1-19-13(17)12-7-11(15)8-16(12)14(18)20-9-10-5-3-2-4-6-10;/h2-6,11-12H,7-9,15H2,1H3;1H/t11-,12+;/m0./s1. The summed E-state index contributed by atoms with van der Waals surface area (Å²) in [4.78, 5) is 25.0. The van der Waals surface area contributed by atoms with Crippen molar-refractivity contribution in [3.8, 4) is 0 Å². The zero-order valence-corrected chi connectivity index (χ0v) is 12.5. The highest BCUT2D eigenvalue weighted by Crippen LogP contribution is 2.19. The van der Waals surface area contributed by atoms with Crippen LogP contribution in [0.15, 0.2) is 30.3 Å². The molecule has 1 aromatic rings. The number of carbonyl (C=O) groups is 2. The van der Waals surface area contributed by atoms with Gasteiger partial charge in [-0.15, -0.1) is 12.4 Å². The Balaban J connectivity index is 0.00000220. The summed E-state index contributed by atoms with van der Waals surface area (Å²) in [6.45, 7) is 0.465. The number of hydrogen-bond acceptors (Lipinski definition) is 5. The summed E-state index contributed by atoms with van der Waals surface area (Å²) >= 11 is 0. The van der Waals surface area contributed by atoms with Gasteiger partial charge in [0, 0.05) is 12.6 Å². The number of amides is 1. The highest BCUT2D eigenvalue weighted by atomic mass is 35.5. The summed E-state index contributed by atoms with van der Waals surface area (Å²) in [6.07, 6.45) is -0.148. The lowest BCUT2D eigenvalue weighted by Gasteiger charge is -2.21. The Morgan fingerprint density at radius 3 is 2.62 bits per heavy atom. The fraction of sp³-hybridized carbons (Fsp3) is 0.429. The number of benzene rings is 1. The van der Waals surface area contributed by atoms with Crippen molar-refractivity contribution in [3.05, 3.63) is 35.9 Å². The summed E-state index contributed by atoms with van der Waals surface area (Å²) < 4.78 is 9.89. The van der Waals surface area contributed by atoms with Crippen LogP contribution in [0.5, 0.6) is 0 Å². The number of likely N-dealkylation sites (tertiary alicyclic amines) is 1. The molecule has 21 heavy (non-hydrogen) atoms. The van der Waals surface area contributed by atoms with E-state index in [4.69, 9.17) is 10.5 Å². The van der Waals surface area contributed by atoms with Gasteiger partial charge in [0.2, 0.25) is 0 Å². The van der Waals surface area contributed by atoms with E-state index in [1.807, 2.05) is 30.3 Å². The highest BCUT2D eigenvalue weighted by molar-refractivity contribution is 5.85. The number of carbonyl (C=O) groups excluding carboxylic acids is 2. The van der Waals surface area contributed by atoms with Crippen LogP contribution in [0.4, 0.5) is 4.79 Å². The van der Waals surface area contributed by atoms with Gasteiger partial charge in [-0.25, -0.2) is 9.59 Å². The fourth-order valence-electron chi connectivity index (χ4n) is 2.23. The lowest BCUT2D eigenvalue weighted by Crippen LogP contribution is -2.41. The first-order chi connectivity index (χ1) is 9.61. The topological polar surface area (TPSA) is 81.9 Å². The molecule has 2 atom stereocenters. The molecule has 0 radical (unpaired) electrons. The zero-order valence-electron chi connectivity index (χ0n) is 11.7. The Morgan fingerprint density at radius 2 is 2.00 bits per heavy atom. The summed E-state index contributed by atoms with van der Waals surface area (Å²) in [5.41, 5.74) is 6.68. The lowest BCUT2D eigenvalue weighted by atomic mass is 10.2. The molecule has 2 N–H and O–H groups in total. The van der Waals surface area contributed by atoms with E-state index in [0.717, 1.165) is 5.56 Å². The third-order valence-corrected chi connectivity index (χ3v) is 3.25. The van der Waals surface area contributed by atoms with E-state index in [1.54, 1.807) is 0 Å². The minimum absolute atomic E-state index is 0. The SMILES string of the molecule is COC(=O)[C@H]1C[C@H](N)CN1C(=O)OCc1ccccc1.Cl. The van der Waals surface area contributed by atoms with Gasteiger partial charge in [-0.2, -0.15) is 0 Å². The van der Waals surface area contributed by atoms with Crippen LogP contribution in [-0.2, 0) is 20.9 Å². The third kappa shape index (κ3) is 4.34. The molecule has 0 bridgehead atoms. The molecule has 0 spiro atoms. The van der Waals surface area contributed by atoms with E-state index in [1.165, 1.54) is 12.0 Å². The number of nitrogens with two attached hydrogens (primary N) is 1. The van der Waals surface area contributed by atoms with Crippen LogP contribution in [0.25, 0.3) is 0 Å². The predicted octanol–water partition coefficient (Wildman–Crippen LogP) is 1.32. The van der Waals surface area contributed by atoms with Crippen LogP contribution >= 0.6 is 12.4 Å². The van der Waals surface area contributed by atoms with E-state index in [-0.39, 0.29) is 25.1 Å². The second kappa shape index (κ2) is 7.85. The summed E-state index contributed by atoms with van der Waals surface area (Å²) in [5, 5.41) is 0. The average Bonchev–Trinajstić information content (AvgIpc) is 2.87. The van der Waals surface area contributed by atoms with Crippen LogP contribution in [-0.4, -0.2) is 42.7 Å². The molecular formula is C14H19ClN2O4. The molecule has 0 saturated carbocycles. The van der Waals surface area contributed by atoms with Crippen LogP contribution < -0.4 is 5.73 Å². The Labute approximate surface area is 129 Å². The number of nitrogens with zero attached hydrogens (tertiary/aromatic N) is 1. The van der Waals surface area contributed by atoms with E-state index in [9.17, 15) is 9.59 Å². The van der Waals surface area contributed by atoms with Crippen molar-refractivity contribution in [1.29, 1.82) is 0 Å². The van der Waals surface area contributed by atoms with Gasteiger partial charge in [-0.05, 0) is 12.0 Å². The van der Waals surface area contributed by atoms with Crippen molar-refractivity contribution in [1.82, 2.24) is 4.90 Å². The first-order valence-electron chi connectivity index (χ1n) is 6.42. The lowest BCUT2D eigenvalue weighted by molar-refractivity contribution is -0.145. The maximum Gasteiger partial charge on any atom is 0.410 e. The van der Waals surface area contributed by atoms with Gasteiger partial charge >= 0.3 is 12.1 Å². The molecule has 0 aliphatic carbocycles. The van der Waals surface area contributed by atoms with E-state index in [0.29, 0.717) is 13.0 Å². The molecule has 1 heterocycles. The van der Waals surface area contributed by atoms with Crippen LogP contribution in [0, 0.1) is 0 Å². The number of halogens is 1. The van der Waals surface area contributed by atoms with Gasteiger partial charge in [0.1, 0.15) is 12.6 Å². The van der Waals surface area contributed by atoms with Crippen molar-refractivity contribution in [2.24, 2.45) is 5.73 Å². The monoisotopic (exact) mass is 314 g/mol. The quantitative estimate of drug-likeness (QED) is 0.851. The number of methoxy groups -OCH3 is 1. The maximum absolute atomic E-state index is 12.0. The first kappa shape index (κ1) is 17.3. The smallest absolute Gasteiger partial charge is 0.410 e. The van der Waals surface area contributed by atoms with Crippen molar-refractivity contribution >= 4 is 24.5 Å². The molecule has 0 unspecified atom stereocenters. The Morgan fingerprint density at radius 1 is 1.33 bits per heavy atom. The summed E-state index contributed by atoms with van der Waals surface area (Å²) in [5.74, 6) is -0.463. The Kier molecular flexibility index (Phi) is 6.45. The van der Waals surface area contributed by atoms with Crippen LogP contribution in [0.2, 0.25) is 0 Å². The summed E-state index contributed by atoms with van der Waals surface area (Å²) in [7, 11) is 1.29. The average molecular weight is 315 g/mol. The molecule has 0 aromatic heterocycles. The molecule has 1 aliphatic heterocycles. The van der Waals surface area contributed by atoms with Gasteiger partial charge in [0.25, 0.3) is 0 Å². The molecule has 1 amide bonds. The minimum Gasteiger partial charge on any atom is -0.467 e. The number of rotatable bonds is 3. The Hall–Kier alpha value is -1.79. The zero-order chi connectivity index (χ0) is 14.5. The second-order valence-electron chi connectivity index (χ2n) is 4.73. The van der Waals surface area contributed by atoms with Crippen molar-refractivity contribution < 1.29 is 19.1 Å². The molecule has 1 aromatic carbocycles. The van der Waals surface area contributed by atoms with Gasteiger partial charge in [-0.1, -0.05) is 30.3 Å². The Bertz CT molecular complexity index is 483. The van der Waals surface area contributed by atoms with Gasteiger partial charge < -0.3 is 15.2 Å². The molecule has 1 fully saturated rings. The molecule has 7 heteroatoms. The van der Waals surface area contributed by atoms with Crippen molar-refractivity contribution in [3.63, 3.8) is 0 Å². The molecule has 1 saturated heterocycles. The fourth-order valence-corrected chi connectivity index (χ4v) is 2.23. The van der Waals surface area contributed by atoms with E-state index >= 15 is 0 Å². The molecule has 2 rings (SSSR count). The third-order valence-electron chi connectivity index (χ3n) is 3.25. The van der Waals surface area contributed by atoms with Gasteiger partial charge in [-0.3, -0.25) is 4.90 Å². The van der Waals surface area contributed by atoms with Crippen LogP contribution in [0.3, 0.4) is 0 Å². The largest absolute Gasteiger partial charge is 0.467 e. The van der Waals surface area contributed by atoms with Gasteiger partial charge in [0.05, 0.1) is 7.11 Å². The number of esters is 1. The number of ether oxygens (including phenoxy) is 2. The molecule has 1 aliphatic rings. The predicted molar refractivity (Wildman–Crippen MR) is 79.0 cm³/mol. The maximum atomic E-state index is 12.0. The van der Waals surface area contributed by atoms with Crippen LogP contribution in [0.1, 0.15) is 12.0 Å². The summed E-state index contributed by atoms with van der Waals surface area (Å²) in [6, 6.07) is 8.46. The highest BCUT2D eigenvalue weighted by Gasteiger charge is 2.39. The van der Waals surface area contributed by atoms with Gasteiger partial charge in [0.15, 0.2) is 0 Å². The van der Waals surface area contributed by atoms with Crippen molar-refractivity contribution in [2.75, 3.05) is 13.7 Å². The first-order valence-corrected chi connectivity index (χ1v) is 6.42. The van der Waals surface area contributed by atoms with E-state index in [2.05, 4.69) is 4.74 Å². The molecular weight excluding hydrogens is 296 g/mol. The normalized spacial score (nSPS) is 20.6. The number of hydrogen-bond donors (Lipinski definition) is 1.